The average Bonchev–Trinajstić information content (AvgIpc) is 3.33. The maximum Gasteiger partial charge on any atom is 0.191 e. The highest BCUT2D eigenvalue weighted by atomic mass is 127. The van der Waals surface area contributed by atoms with Gasteiger partial charge in [-0.05, 0) is 31.6 Å². The van der Waals surface area contributed by atoms with Gasteiger partial charge in [-0.3, -0.25) is 9.89 Å². The van der Waals surface area contributed by atoms with Crippen LogP contribution < -0.4 is 10.6 Å². The quantitative estimate of drug-likeness (QED) is 0.245. The molecule has 1 heterocycles. The largest absolute Gasteiger partial charge is 0.374 e. The molecule has 24 heavy (non-hydrogen) atoms. The zero-order valence-electron chi connectivity index (χ0n) is 15.7. The Hall–Kier alpha value is -0.0800. The maximum atomic E-state index is 5.88. The SMILES string of the molecule is CCNC(=NCC1CN(CC(C)C)CCO1)NCCCC1CC1.I. The zero-order chi connectivity index (χ0) is 16.5. The Balaban J connectivity index is 0.00000288. The van der Waals surface area contributed by atoms with Crippen LogP contribution >= 0.6 is 24.0 Å². The number of ether oxygens (including phenoxy) is 1. The summed E-state index contributed by atoms with van der Waals surface area (Å²) in [5, 5.41) is 6.80. The summed E-state index contributed by atoms with van der Waals surface area (Å²) in [6, 6.07) is 0. The second-order valence-corrected chi connectivity index (χ2v) is 7.38. The van der Waals surface area contributed by atoms with Gasteiger partial charge in [0.25, 0.3) is 0 Å². The Morgan fingerprint density at radius 1 is 1.29 bits per heavy atom. The van der Waals surface area contributed by atoms with Crippen molar-refractivity contribution in [3.63, 3.8) is 0 Å². The lowest BCUT2D eigenvalue weighted by atomic mass is 10.2. The second-order valence-electron chi connectivity index (χ2n) is 7.38. The molecular weight excluding hydrogens is 415 g/mol. The van der Waals surface area contributed by atoms with Gasteiger partial charge in [0.15, 0.2) is 5.96 Å². The molecule has 1 saturated carbocycles. The summed E-state index contributed by atoms with van der Waals surface area (Å²) in [6.45, 7) is 13.4. The minimum Gasteiger partial charge on any atom is -0.374 e. The minimum atomic E-state index is 0. The molecule has 0 radical (unpaired) electrons. The van der Waals surface area contributed by atoms with Crippen LogP contribution in [-0.2, 0) is 4.74 Å². The molecule has 0 aromatic heterocycles. The third-order valence-electron chi connectivity index (χ3n) is 4.42. The Labute approximate surface area is 165 Å². The molecule has 1 aliphatic heterocycles. The van der Waals surface area contributed by atoms with Gasteiger partial charge in [0.1, 0.15) is 0 Å². The van der Waals surface area contributed by atoms with Crippen molar-refractivity contribution in [1.29, 1.82) is 0 Å². The number of halogens is 1. The minimum absolute atomic E-state index is 0. The van der Waals surface area contributed by atoms with Crippen LogP contribution in [0.1, 0.15) is 46.5 Å². The fourth-order valence-corrected chi connectivity index (χ4v) is 3.11. The molecule has 1 unspecified atom stereocenters. The molecular formula is C18H37IN4O. The molecule has 2 rings (SSSR count). The summed E-state index contributed by atoms with van der Waals surface area (Å²) in [5.41, 5.74) is 0. The number of hydrogen-bond acceptors (Lipinski definition) is 3. The number of nitrogens with zero attached hydrogens (tertiary/aromatic N) is 2. The molecule has 142 valence electrons. The van der Waals surface area contributed by atoms with E-state index in [1.165, 1.54) is 25.7 Å². The Morgan fingerprint density at radius 2 is 2.08 bits per heavy atom. The van der Waals surface area contributed by atoms with Crippen LogP contribution in [0, 0.1) is 11.8 Å². The number of aliphatic imine (C=N–C) groups is 1. The summed E-state index contributed by atoms with van der Waals surface area (Å²) in [4.78, 5) is 7.23. The van der Waals surface area contributed by atoms with Crippen LogP contribution in [0.3, 0.4) is 0 Å². The molecule has 2 fully saturated rings. The van der Waals surface area contributed by atoms with E-state index < -0.39 is 0 Å². The lowest BCUT2D eigenvalue weighted by Gasteiger charge is -2.33. The highest BCUT2D eigenvalue weighted by molar-refractivity contribution is 14.0. The van der Waals surface area contributed by atoms with Crippen molar-refractivity contribution in [2.75, 3.05) is 45.9 Å². The van der Waals surface area contributed by atoms with E-state index in [0.29, 0.717) is 5.92 Å². The van der Waals surface area contributed by atoms with Gasteiger partial charge in [0.2, 0.25) is 0 Å². The monoisotopic (exact) mass is 452 g/mol. The molecule has 2 N–H and O–H groups in total. The number of guanidine groups is 1. The third kappa shape index (κ3) is 9.42. The molecule has 2 aliphatic rings. The second kappa shape index (κ2) is 12.3. The van der Waals surface area contributed by atoms with Crippen molar-refractivity contribution < 1.29 is 4.74 Å². The first-order valence-electron chi connectivity index (χ1n) is 9.53. The van der Waals surface area contributed by atoms with Crippen LogP contribution in [0.15, 0.2) is 4.99 Å². The summed E-state index contributed by atoms with van der Waals surface area (Å²) in [5.74, 6) is 2.66. The van der Waals surface area contributed by atoms with Crippen molar-refractivity contribution >= 4 is 29.9 Å². The molecule has 0 spiro atoms. The molecule has 0 amide bonds. The molecule has 0 aromatic rings. The highest BCUT2D eigenvalue weighted by Crippen LogP contribution is 2.33. The van der Waals surface area contributed by atoms with E-state index in [9.17, 15) is 0 Å². The first kappa shape index (κ1) is 22.0. The fourth-order valence-electron chi connectivity index (χ4n) is 3.11. The normalized spacial score (nSPS) is 22.3. The van der Waals surface area contributed by atoms with Gasteiger partial charge in [-0.15, -0.1) is 24.0 Å². The predicted molar refractivity (Wildman–Crippen MR) is 112 cm³/mol. The van der Waals surface area contributed by atoms with E-state index in [1.807, 2.05) is 0 Å². The van der Waals surface area contributed by atoms with Crippen molar-refractivity contribution in [3.05, 3.63) is 0 Å². The average molecular weight is 452 g/mol. The zero-order valence-corrected chi connectivity index (χ0v) is 18.1. The molecule has 1 atom stereocenters. The first-order chi connectivity index (χ1) is 11.2. The van der Waals surface area contributed by atoms with Gasteiger partial charge >= 0.3 is 0 Å². The van der Waals surface area contributed by atoms with Gasteiger partial charge in [-0.25, -0.2) is 0 Å². The Kier molecular flexibility index (Phi) is 11.3. The van der Waals surface area contributed by atoms with Gasteiger partial charge in [0.05, 0.1) is 19.3 Å². The van der Waals surface area contributed by atoms with E-state index in [1.54, 1.807) is 0 Å². The summed E-state index contributed by atoms with van der Waals surface area (Å²) in [7, 11) is 0. The predicted octanol–water partition coefficient (Wildman–Crippen LogP) is 2.71. The van der Waals surface area contributed by atoms with Crippen LogP contribution in [0.5, 0.6) is 0 Å². The Bertz CT molecular complexity index is 361. The number of rotatable bonds is 9. The fraction of sp³-hybridized carbons (Fsp3) is 0.944. The number of nitrogens with one attached hydrogen (secondary N) is 2. The molecule has 5 nitrogen and oxygen atoms in total. The summed E-state index contributed by atoms with van der Waals surface area (Å²) in [6.07, 6.45) is 5.73. The van der Waals surface area contributed by atoms with E-state index in [4.69, 9.17) is 9.73 Å². The summed E-state index contributed by atoms with van der Waals surface area (Å²) < 4.78 is 5.88. The van der Waals surface area contributed by atoms with Crippen LogP contribution in [0.4, 0.5) is 0 Å². The topological polar surface area (TPSA) is 48.9 Å². The third-order valence-corrected chi connectivity index (χ3v) is 4.42. The van der Waals surface area contributed by atoms with E-state index >= 15 is 0 Å². The summed E-state index contributed by atoms with van der Waals surface area (Å²) >= 11 is 0. The molecule has 0 aromatic carbocycles. The molecule has 6 heteroatoms. The maximum absolute atomic E-state index is 5.88. The smallest absolute Gasteiger partial charge is 0.191 e. The van der Waals surface area contributed by atoms with Crippen LogP contribution in [0.2, 0.25) is 0 Å². The highest BCUT2D eigenvalue weighted by Gasteiger charge is 2.21. The first-order valence-corrected chi connectivity index (χ1v) is 9.53. The lowest BCUT2D eigenvalue weighted by Crippen LogP contribution is -2.46. The van der Waals surface area contributed by atoms with Crippen LogP contribution in [-0.4, -0.2) is 62.8 Å². The standard InChI is InChI=1S/C18H36N4O.HI/c1-4-19-18(20-9-5-6-16-7-8-16)21-12-17-14-22(10-11-23-17)13-15(2)3;/h15-17H,4-14H2,1-3H3,(H2,19,20,21);1H. The van der Waals surface area contributed by atoms with E-state index in [0.717, 1.165) is 57.8 Å². The molecule has 1 saturated heterocycles. The number of morpholine rings is 1. The lowest BCUT2D eigenvalue weighted by molar-refractivity contribution is -0.0261. The van der Waals surface area contributed by atoms with Gasteiger partial charge in [-0.2, -0.15) is 0 Å². The Morgan fingerprint density at radius 3 is 2.75 bits per heavy atom. The van der Waals surface area contributed by atoms with Crippen molar-refractivity contribution in [1.82, 2.24) is 15.5 Å². The van der Waals surface area contributed by atoms with E-state index in [-0.39, 0.29) is 30.1 Å². The van der Waals surface area contributed by atoms with Crippen LogP contribution in [0.25, 0.3) is 0 Å². The van der Waals surface area contributed by atoms with Gasteiger partial charge < -0.3 is 15.4 Å². The van der Waals surface area contributed by atoms with Crippen molar-refractivity contribution in [2.24, 2.45) is 16.8 Å². The van der Waals surface area contributed by atoms with Gasteiger partial charge in [0, 0.05) is 32.7 Å². The van der Waals surface area contributed by atoms with Crippen molar-refractivity contribution in [3.8, 4) is 0 Å². The van der Waals surface area contributed by atoms with Gasteiger partial charge in [-0.1, -0.05) is 26.7 Å². The van der Waals surface area contributed by atoms with E-state index in [2.05, 4.69) is 36.3 Å². The van der Waals surface area contributed by atoms with Crippen molar-refractivity contribution in [2.45, 2.75) is 52.6 Å². The molecule has 0 bridgehead atoms. The molecule has 1 aliphatic carbocycles. The number of hydrogen-bond donors (Lipinski definition) is 2.